The molecule has 0 bridgehead atoms. The molecular formula is C14H9BrN4O5. The quantitative estimate of drug-likeness (QED) is 0.474. The maximum atomic E-state index is 11.8. The Labute approximate surface area is 143 Å². The van der Waals surface area contributed by atoms with E-state index in [0.29, 0.717) is 10.0 Å². The molecule has 9 nitrogen and oxygen atoms in total. The number of nitrogens with zero attached hydrogens (tertiary/aromatic N) is 3. The van der Waals surface area contributed by atoms with Gasteiger partial charge in [-0.25, -0.2) is 5.43 Å². The van der Waals surface area contributed by atoms with Gasteiger partial charge in [0.05, 0.1) is 16.1 Å². The lowest BCUT2D eigenvalue weighted by Gasteiger charge is -2.01. The van der Waals surface area contributed by atoms with Crippen molar-refractivity contribution in [2.24, 2.45) is 5.10 Å². The first-order valence-corrected chi connectivity index (χ1v) is 7.19. The molecule has 0 radical (unpaired) electrons. The Bertz CT molecular complexity index is 836. The van der Waals surface area contributed by atoms with Gasteiger partial charge < -0.3 is 0 Å². The summed E-state index contributed by atoms with van der Waals surface area (Å²) in [5.41, 5.74) is 2.81. The maximum absolute atomic E-state index is 11.8. The topological polar surface area (TPSA) is 128 Å². The van der Waals surface area contributed by atoms with E-state index in [1.54, 1.807) is 0 Å². The van der Waals surface area contributed by atoms with Gasteiger partial charge in [0.2, 0.25) is 0 Å². The molecule has 1 amide bonds. The van der Waals surface area contributed by atoms with Crippen LogP contribution < -0.4 is 5.43 Å². The van der Waals surface area contributed by atoms with E-state index >= 15 is 0 Å². The Balaban J connectivity index is 2.04. The Morgan fingerprint density at radius 3 is 2.17 bits per heavy atom. The number of hydrazone groups is 1. The second kappa shape index (κ2) is 7.42. The van der Waals surface area contributed by atoms with E-state index in [1.807, 2.05) is 0 Å². The Morgan fingerprint density at radius 1 is 1.04 bits per heavy atom. The highest BCUT2D eigenvalue weighted by molar-refractivity contribution is 9.10. The first kappa shape index (κ1) is 17.2. The van der Waals surface area contributed by atoms with Crippen LogP contribution in [-0.2, 0) is 0 Å². The van der Waals surface area contributed by atoms with Crippen LogP contribution >= 0.6 is 15.9 Å². The molecule has 0 atom stereocenters. The summed E-state index contributed by atoms with van der Waals surface area (Å²) in [6, 6.07) is 9.15. The fourth-order valence-corrected chi connectivity index (χ4v) is 2.16. The lowest BCUT2D eigenvalue weighted by molar-refractivity contribution is -0.385. The first-order valence-electron chi connectivity index (χ1n) is 6.40. The van der Waals surface area contributed by atoms with Gasteiger partial charge >= 0.3 is 0 Å². The van der Waals surface area contributed by atoms with Crippen LogP contribution in [0.15, 0.2) is 52.0 Å². The Hall–Kier alpha value is -3.14. The van der Waals surface area contributed by atoms with E-state index in [-0.39, 0.29) is 16.9 Å². The maximum Gasteiger partial charge on any atom is 0.271 e. The van der Waals surface area contributed by atoms with E-state index in [9.17, 15) is 25.0 Å². The van der Waals surface area contributed by atoms with Gasteiger partial charge in [-0.2, -0.15) is 5.10 Å². The average molecular weight is 393 g/mol. The minimum atomic E-state index is -0.564. The zero-order valence-electron chi connectivity index (χ0n) is 11.9. The fourth-order valence-electron chi connectivity index (χ4n) is 1.69. The molecule has 0 aliphatic rings. The van der Waals surface area contributed by atoms with Crippen LogP contribution in [0.3, 0.4) is 0 Å². The normalized spacial score (nSPS) is 10.5. The van der Waals surface area contributed by atoms with Crippen molar-refractivity contribution >= 4 is 39.4 Å². The second-order valence-electron chi connectivity index (χ2n) is 4.47. The predicted octanol–water partition coefficient (Wildman–Crippen LogP) is 3.03. The number of nitrogens with one attached hydrogen (secondary N) is 1. The number of non-ortho nitro benzene ring substituents is 2. The number of amides is 1. The molecule has 2 aromatic carbocycles. The third-order valence-electron chi connectivity index (χ3n) is 2.90. The van der Waals surface area contributed by atoms with Crippen molar-refractivity contribution in [2.75, 3.05) is 0 Å². The highest BCUT2D eigenvalue weighted by Crippen LogP contribution is 2.21. The number of nitro groups is 2. The number of benzene rings is 2. The summed E-state index contributed by atoms with van der Waals surface area (Å²) < 4.78 is 0.449. The predicted molar refractivity (Wildman–Crippen MR) is 89.0 cm³/mol. The second-order valence-corrected chi connectivity index (χ2v) is 5.32. The summed E-state index contributed by atoms with van der Waals surface area (Å²) in [4.78, 5) is 31.9. The molecule has 0 aliphatic carbocycles. The smallest absolute Gasteiger partial charge is 0.267 e. The molecule has 10 heteroatoms. The molecule has 0 saturated carbocycles. The molecule has 0 saturated heterocycles. The number of hydrogen-bond donors (Lipinski definition) is 1. The summed E-state index contributed by atoms with van der Waals surface area (Å²) in [7, 11) is 0. The monoisotopic (exact) mass is 392 g/mol. The molecule has 0 aromatic heterocycles. The van der Waals surface area contributed by atoms with Gasteiger partial charge in [0.1, 0.15) is 0 Å². The van der Waals surface area contributed by atoms with E-state index in [4.69, 9.17) is 0 Å². The van der Waals surface area contributed by atoms with Crippen molar-refractivity contribution in [1.82, 2.24) is 5.43 Å². The summed E-state index contributed by atoms with van der Waals surface area (Å²) in [5.74, 6) is -0.542. The minimum absolute atomic E-state index is 0.0751. The van der Waals surface area contributed by atoms with Crippen LogP contribution in [0.1, 0.15) is 15.9 Å². The average Bonchev–Trinajstić information content (AvgIpc) is 2.56. The lowest BCUT2D eigenvalue weighted by Crippen LogP contribution is -2.17. The number of nitro benzene ring substituents is 2. The summed E-state index contributed by atoms with van der Waals surface area (Å²) in [5, 5.41) is 24.9. The number of carbonyl (C=O) groups is 1. The highest BCUT2D eigenvalue weighted by Gasteiger charge is 2.09. The third-order valence-corrected chi connectivity index (χ3v) is 3.59. The van der Waals surface area contributed by atoms with E-state index < -0.39 is 15.8 Å². The van der Waals surface area contributed by atoms with Gasteiger partial charge in [0.25, 0.3) is 17.3 Å². The van der Waals surface area contributed by atoms with Crippen molar-refractivity contribution in [3.63, 3.8) is 0 Å². The van der Waals surface area contributed by atoms with E-state index in [1.165, 1.54) is 48.7 Å². The zero-order chi connectivity index (χ0) is 17.7. The number of halogens is 1. The van der Waals surface area contributed by atoms with E-state index in [0.717, 1.165) is 0 Å². The van der Waals surface area contributed by atoms with Crippen molar-refractivity contribution in [3.8, 4) is 0 Å². The van der Waals surface area contributed by atoms with Crippen LogP contribution in [0.5, 0.6) is 0 Å². The third kappa shape index (κ3) is 4.20. The molecule has 24 heavy (non-hydrogen) atoms. The van der Waals surface area contributed by atoms with Crippen LogP contribution in [0, 0.1) is 20.2 Å². The molecule has 0 unspecified atom stereocenters. The summed E-state index contributed by atoms with van der Waals surface area (Å²) in [6.07, 6.45) is 1.32. The van der Waals surface area contributed by atoms with Gasteiger partial charge in [0, 0.05) is 39.9 Å². The van der Waals surface area contributed by atoms with Crippen molar-refractivity contribution < 1.29 is 14.6 Å². The Kier molecular flexibility index (Phi) is 5.32. The molecule has 0 aliphatic heterocycles. The fraction of sp³-hybridized carbons (Fsp3) is 0. The van der Waals surface area contributed by atoms with E-state index in [2.05, 4.69) is 26.5 Å². The molecule has 2 rings (SSSR count). The van der Waals surface area contributed by atoms with Crippen molar-refractivity contribution in [3.05, 3.63) is 78.3 Å². The van der Waals surface area contributed by atoms with Crippen molar-refractivity contribution in [1.29, 1.82) is 0 Å². The minimum Gasteiger partial charge on any atom is -0.267 e. The van der Waals surface area contributed by atoms with Crippen LogP contribution in [-0.4, -0.2) is 22.0 Å². The molecular weight excluding hydrogens is 384 g/mol. The highest BCUT2D eigenvalue weighted by atomic mass is 79.9. The lowest BCUT2D eigenvalue weighted by atomic mass is 10.2. The van der Waals surface area contributed by atoms with Gasteiger partial charge in [-0.15, -0.1) is 0 Å². The molecule has 2 aromatic rings. The largest absolute Gasteiger partial charge is 0.271 e. The Morgan fingerprint density at radius 2 is 1.62 bits per heavy atom. The number of hydrogen-bond acceptors (Lipinski definition) is 6. The molecule has 1 N–H and O–H groups in total. The summed E-state index contributed by atoms with van der Waals surface area (Å²) in [6.45, 7) is 0. The summed E-state index contributed by atoms with van der Waals surface area (Å²) >= 11 is 3.18. The zero-order valence-corrected chi connectivity index (χ0v) is 13.5. The molecule has 0 spiro atoms. The number of rotatable bonds is 5. The standard InChI is InChI=1S/C14H9BrN4O5/c15-13-7-12(19(23)24)6-3-10(13)8-16-17-14(20)9-1-4-11(5-2-9)18(21)22/h1-8H,(H,17,20)/b16-8-. The van der Waals surface area contributed by atoms with Crippen LogP contribution in [0.25, 0.3) is 0 Å². The van der Waals surface area contributed by atoms with Crippen LogP contribution in [0.2, 0.25) is 0 Å². The first-order chi connectivity index (χ1) is 11.4. The number of carbonyl (C=O) groups excluding carboxylic acids is 1. The van der Waals surface area contributed by atoms with Gasteiger partial charge in [-0.3, -0.25) is 25.0 Å². The molecule has 0 heterocycles. The van der Waals surface area contributed by atoms with Crippen LogP contribution in [0.4, 0.5) is 11.4 Å². The molecule has 0 fully saturated rings. The van der Waals surface area contributed by atoms with Gasteiger partial charge in [-0.1, -0.05) is 0 Å². The van der Waals surface area contributed by atoms with Gasteiger partial charge in [0.15, 0.2) is 0 Å². The SMILES string of the molecule is O=C(N/N=C\c1ccc([N+](=O)[O-])cc1Br)c1ccc([N+](=O)[O-])cc1. The van der Waals surface area contributed by atoms with Gasteiger partial charge in [-0.05, 0) is 34.1 Å². The molecule has 122 valence electrons. The van der Waals surface area contributed by atoms with Crippen molar-refractivity contribution in [2.45, 2.75) is 0 Å².